The molecule has 0 bridgehead atoms. The number of aliphatic hydroxyl groups is 1. The number of nitrogens with zero attached hydrogens (tertiary/aromatic N) is 1. The number of rotatable bonds is 10. The van der Waals surface area contributed by atoms with E-state index >= 15 is 0 Å². The largest absolute Gasteiger partial charge is 0.392 e. The molecule has 0 saturated carbocycles. The van der Waals surface area contributed by atoms with E-state index in [1.165, 1.54) is 0 Å². The molecule has 5 nitrogen and oxygen atoms in total. The normalized spacial score (nSPS) is 13.8. The quantitative estimate of drug-likeness (QED) is 0.343. The Morgan fingerprint density at radius 1 is 1.07 bits per heavy atom. The van der Waals surface area contributed by atoms with Gasteiger partial charge in [0.05, 0.1) is 6.61 Å². The van der Waals surface area contributed by atoms with Crippen molar-refractivity contribution < 1.29 is 14.7 Å². The van der Waals surface area contributed by atoms with Gasteiger partial charge in [0.25, 0.3) is 0 Å². The average molecular weight is 423 g/mol. The lowest BCUT2D eigenvalue weighted by Gasteiger charge is -2.17. The van der Waals surface area contributed by atoms with Gasteiger partial charge in [0, 0.05) is 28.8 Å². The first-order valence-electron chi connectivity index (χ1n) is 8.98. The van der Waals surface area contributed by atoms with E-state index in [1.807, 2.05) is 24.3 Å². The zero-order valence-corrected chi connectivity index (χ0v) is 17.2. The van der Waals surface area contributed by atoms with Gasteiger partial charge in [-0.15, -0.1) is 0 Å². The van der Waals surface area contributed by atoms with E-state index in [-0.39, 0.29) is 37.0 Å². The Bertz CT molecular complexity index is 792. The first-order valence-corrected chi connectivity index (χ1v) is 9.73. The molecular formula is C21H24Cl2N2O3. The second-order valence-corrected chi connectivity index (χ2v) is 7.56. The molecule has 3 N–H and O–H groups in total. The molecule has 0 aliphatic heterocycles. The van der Waals surface area contributed by atoms with Crippen LogP contribution in [0.2, 0.25) is 10.0 Å². The van der Waals surface area contributed by atoms with Crippen LogP contribution in [0.3, 0.4) is 0 Å². The number of carbonyl (C=O) groups is 1. The van der Waals surface area contributed by atoms with Crippen molar-refractivity contribution in [1.82, 2.24) is 0 Å². The van der Waals surface area contributed by atoms with Gasteiger partial charge in [-0.05, 0) is 48.7 Å². The minimum atomic E-state index is -0.473. The third kappa shape index (κ3) is 7.50. The predicted octanol–water partition coefficient (Wildman–Crippen LogP) is 4.02. The van der Waals surface area contributed by atoms with Gasteiger partial charge in [0.15, 0.2) is 0 Å². The van der Waals surface area contributed by atoms with Crippen LogP contribution in [0, 0.1) is 5.92 Å². The third-order valence-electron chi connectivity index (χ3n) is 4.20. The summed E-state index contributed by atoms with van der Waals surface area (Å²) in [5, 5.41) is 14.3. The zero-order valence-electron chi connectivity index (χ0n) is 15.6. The van der Waals surface area contributed by atoms with E-state index in [1.54, 1.807) is 31.2 Å². The van der Waals surface area contributed by atoms with Crippen molar-refractivity contribution >= 4 is 34.8 Å². The Kier molecular flexibility index (Phi) is 8.77. The molecule has 0 amide bonds. The molecule has 0 aliphatic carbocycles. The van der Waals surface area contributed by atoms with Crippen LogP contribution in [-0.2, 0) is 22.5 Å². The number of hydrogen-bond acceptors (Lipinski definition) is 4. The number of Topliss-reactive ketones (excluding diaryl/α,β-unsaturated/α-hetero) is 1. The lowest BCUT2D eigenvalue weighted by molar-refractivity contribution is -0.118. The van der Waals surface area contributed by atoms with Gasteiger partial charge in [0.1, 0.15) is 17.7 Å². The highest BCUT2D eigenvalue weighted by molar-refractivity contribution is 6.30. The second-order valence-electron chi connectivity index (χ2n) is 6.69. The molecule has 150 valence electrons. The number of benzene rings is 2. The van der Waals surface area contributed by atoms with Crippen molar-refractivity contribution in [3.8, 4) is 0 Å². The molecule has 2 rings (SSSR count). The van der Waals surface area contributed by atoms with Crippen LogP contribution >= 0.6 is 23.2 Å². The molecule has 0 heterocycles. The maximum absolute atomic E-state index is 12.6. The second kappa shape index (κ2) is 11.1. The summed E-state index contributed by atoms with van der Waals surface area (Å²) in [5.74, 6) is -0.0683. The molecule has 0 spiro atoms. The Labute approximate surface area is 175 Å². The summed E-state index contributed by atoms with van der Waals surface area (Å²) in [7, 11) is 0. The number of hydrogen-bond donors (Lipinski definition) is 2. The van der Waals surface area contributed by atoms with Crippen molar-refractivity contribution in [3.05, 3.63) is 69.7 Å². The molecule has 2 atom stereocenters. The van der Waals surface area contributed by atoms with E-state index in [4.69, 9.17) is 38.9 Å². The highest BCUT2D eigenvalue weighted by atomic mass is 35.5. The molecule has 0 unspecified atom stereocenters. The molecule has 7 heteroatoms. The number of nitrogens with two attached hydrogens (primary N) is 1. The van der Waals surface area contributed by atoms with Gasteiger partial charge in [-0.1, -0.05) is 52.6 Å². The van der Waals surface area contributed by atoms with E-state index in [0.717, 1.165) is 11.1 Å². The molecule has 0 aromatic heterocycles. The van der Waals surface area contributed by atoms with Crippen LogP contribution in [0.4, 0.5) is 0 Å². The van der Waals surface area contributed by atoms with Crippen LogP contribution < -0.4 is 5.73 Å². The van der Waals surface area contributed by atoms with E-state index in [2.05, 4.69) is 5.16 Å². The number of halogens is 2. The number of amidine groups is 1. The Balaban J connectivity index is 2.10. The molecule has 0 saturated heterocycles. The van der Waals surface area contributed by atoms with Gasteiger partial charge in [-0.3, -0.25) is 4.79 Å². The van der Waals surface area contributed by atoms with Crippen LogP contribution in [0.1, 0.15) is 24.5 Å². The van der Waals surface area contributed by atoms with Crippen molar-refractivity contribution in [2.75, 3.05) is 6.61 Å². The van der Waals surface area contributed by atoms with Gasteiger partial charge < -0.3 is 15.7 Å². The number of aliphatic hydroxyl groups excluding tert-OH is 1. The fourth-order valence-corrected chi connectivity index (χ4v) is 2.87. The smallest absolute Gasteiger partial charge is 0.147 e. The molecule has 0 radical (unpaired) electrons. The molecule has 2 aromatic rings. The highest BCUT2D eigenvalue weighted by Crippen LogP contribution is 2.18. The number of carbonyl (C=O) groups excluding carboxylic acids is 1. The van der Waals surface area contributed by atoms with Crippen LogP contribution in [-0.4, -0.2) is 29.4 Å². The summed E-state index contributed by atoms with van der Waals surface area (Å²) >= 11 is 11.8. The highest BCUT2D eigenvalue weighted by Gasteiger charge is 2.20. The molecule has 0 fully saturated rings. The predicted molar refractivity (Wildman–Crippen MR) is 113 cm³/mol. The molecule has 2 aromatic carbocycles. The summed E-state index contributed by atoms with van der Waals surface area (Å²) in [6, 6.07) is 14.6. The summed E-state index contributed by atoms with van der Waals surface area (Å²) < 4.78 is 0. The molecule has 0 aliphatic rings. The van der Waals surface area contributed by atoms with Crippen molar-refractivity contribution in [3.63, 3.8) is 0 Å². The van der Waals surface area contributed by atoms with E-state index in [9.17, 15) is 4.79 Å². The van der Waals surface area contributed by atoms with Crippen molar-refractivity contribution in [1.29, 1.82) is 0 Å². The monoisotopic (exact) mass is 422 g/mol. The molecule has 28 heavy (non-hydrogen) atoms. The van der Waals surface area contributed by atoms with E-state index < -0.39 is 6.10 Å². The topological polar surface area (TPSA) is 84.9 Å². The van der Waals surface area contributed by atoms with Crippen LogP contribution in [0.5, 0.6) is 0 Å². The first kappa shape index (κ1) is 22.2. The Hall–Kier alpha value is -2.08. The van der Waals surface area contributed by atoms with Crippen LogP contribution in [0.15, 0.2) is 53.7 Å². The van der Waals surface area contributed by atoms with Gasteiger partial charge in [0.2, 0.25) is 0 Å². The number of oxime groups is 1. The summed E-state index contributed by atoms with van der Waals surface area (Å²) in [5.41, 5.74) is 7.99. The minimum Gasteiger partial charge on any atom is -0.392 e. The third-order valence-corrected chi connectivity index (χ3v) is 4.70. The fraction of sp³-hybridized carbons (Fsp3) is 0.333. The van der Waals surface area contributed by atoms with Crippen molar-refractivity contribution in [2.45, 2.75) is 32.3 Å². The van der Waals surface area contributed by atoms with Gasteiger partial charge >= 0.3 is 0 Å². The lowest BCUT2D eigenvalue weighted by Crippen LogP contribution is -2.29. The Morgan fingerprint density at radius 2 is 1.61 bits per heavy atom. The molecular weight excluding hydrogens is 399 g/mol. The standard InChI is InChI=1S/C21H24Cl2N2O3/c1-14(13-26)28-25-21(24)17(10-15-2-6-18(22)7-3-15)12-20(27)11-16-4-8-19(23)9-5-16/h2-9,14,17,26H,10-13H2,1H3,(H2,24,25)/t14-,17-/m1/s1. The van der Waals surface area contributed by atoms with Crippen molar-refractivity contribution in [2.24, 2.45) is 16.8 Å². The van der Waals surface area contributed by atoms with Crippen LogP contribution in [0.25, 0.3) is 0 Å². The van der Waals surface area contributed by atoms with Gasteiger partial charge in [-0.25, -0.2) is 0 Å². The zero-order chi connectivity index (χ0) is 20.5. The minimum absolute atomic E-state index is 0.0367. The lowest BCUT2D eigenvalue weighted by atomic mass is 9.91. The summed E-state index contributed by atoms with van der Waals surface area (Å²) in [6.07, 6.45) is 0.558. The summed E-state index contributed by atoms with van der Waals surface area (Å²) in [4.78, 5) is 17.8. The Morgan fingerprint density at radius 3 is 2.14 bits per heavy atom. The first-order chi connectivity index (χ1) is 13.4. The van der Waals surface area contributed by atoms with Gasteiger partial charge in [-0.2, -0.15) is 0 Å². The van der Waals surface area contributed by atoms with E-state index in [0.29, 0.717) is 16.5 Å². The average Bonchev–Trinajstić information content (AvgIpc) is 2.68. The summed E-state index contributed by atoms with van der Waals surface area (Å²) in [6.45, 7) is 1.50. The number of ketones is 1. The SMILES string of the molecule is C[C@H](CO)O/N=C(\N)[C@@H](CC(=O)Cc1ccc(Cl)cc1)Cc1ccc(Cl)cc1. The maximum Gasteiger partial charge on any atom is 0.147 e. The maximum atomic E-state index is 12.6. The fourth-order valence-electron chi connectivity index (χ4n) is 2.62.